The van der Waals surface area contributed by atoms with Gasteiger partial charge in [-0.05, 0) is 62.2 Å². The summed E-state index contributed by atoms with van der Waals surface area (Å²) in [5, 5.41) is 2.82. The molecule has 2 aliphatic heterocycles. The lowest BCUT2D eigenvalue weighted by Gasteiger charge is -2.23. The maximum absolute atomic E-state index is 12.5. The van der Waals surface area contributed by atoms with E-state index in [0.29, 0.717) is 17.1 Å². The van der Waals surface area contributed by atoms with E-state index in [1.54, 1.807) is 41.7 Å². The van der Waals surface area contributed by atoms with Crippen LogP contribution in [0.15, 0.2) is 29.2 Å². The van der Waals surface area contributed by atoms with E-state index in [1.165, 1.54) is 4.88 Å². The number of amides is 2. The minimum absolute atomic E-state index is 0.0990. The normalized spacial score (nSPS) is 20.1. The van der Waals surface area contributed by atoms with Crippen LogP contribution in [0.4, 0.5) is 9.93 Å². The number of hydrogen-bond acceptors (Lipinski definition) is 8. The summed E-state index contributed by atoms with van der Waals surface area (Å²) in [6.07, 6.45) is 3.91. The number of aryl methyl sites for hydroxylation is 2. The minimum atomic E-state index is -0.396. The van der Waals surface area contributed by atoms with Gasteiger partial charge in [0.25, 0.3) is 11.1 Å². The molecule has 2 saturated heterocycles. The maximum Gasteiger partial charge on any atom is 0.313 e. The number of rotatable bonds is 5. The van der Waals surface area contributed by atoms with Gasteiger partial charge >= 0.3 is 5.97 Å². The average Bonchev–Trinajstić information content (AvgIpc) is 3.37. The first-order valence-corrected chi connectivity index (χ1v) is 11.3. The summed E-state index contributed by atoms with van der Waals surface area (Å²) in [6, 6.07) is 6.96. The van der Waals surface area contributed by atoms with Gasteiger partial charge in [-0.2, -0.15) is 0 Å². The van der Waals surface area contributed by atoms with Crippen LogP contribution in [0.2, 0.25) is 0 Å². The number of ether oxygens (including phenoxy) is 1. The predicted octanol–water partition coefficient (Wildman–Crippen LogP) is 4.05. The quantitative estimate of drug-likeness (QED) is 0.424. The van der Waals surface area contributed by atoms with Crippen molar-refractivity contribution in [3.63, 3.8) is 0 Å². The lowest BCUT2D eigenvalue weighted by Crippen LogP contribution is -2.32. The fraction of sp³-hybridized carbons (Fsp3) is 0.333. The molecule has 0 spiro atoms. The van der Waals surface area contributed by atoms with Crippen LogP contribution in [0, 0.1) is 13.8 Å². The van der Waals surface area contributed by atoms with Gasteiger partial charge in [-0.15, -0.1) is 11.3 Å². The first-order chi connectivity index (χ1) is 14.4. The van der Waals surface area contributed by atoms with Crippen molar-refractivity contribution in [2.75, 3.05) is 11.4 Å². The van der Waals surface area contributed by atoms with Crippen LogP contribution in [0.1, 0.15) is 35.4 Å². The lowest BCUT2D eigenvalue weighted by molar-refractivity contribution is -0.134. The number of benzene rings is 1. The lowest BCUT2D eigenvalue weighted by atomic mass is 10.1. The number of nitrogens with one attached hydrogen (secondary N) is 1. The van der Waals surface area contributed by atoms with Crippen molar-refractivity contribution in [1.29, 1.82) is 0 Å². The number of anilines is 1. The van der Waals surface area contributed by atoms with Gasteiger partial charge in [-0.3, -0.25) is 19.7 Å². The molecule has 1 atom stereocenters. The molecule has 0 bridgehead atoms. The average molecular weight is 444 g/mol. The Bertz CT molecular complexity index is 1010. The van der Waals surface area contributed by atoms with Crippen molar-refractivity contribution in [2.24, 2.45) is 0 Å². The molecular formula is C21H21N3O4S2. The maximum atomic E-state index is 12.5. The third kappa shape index (κ3) is 4.57. The summed E-state index contributed by atoms with van der Waals surface area (Å²) < 4.78 is 5.51. The van der Waals surface area contributed by atoms with Crippen molar-refractivity contribution < 1.29 is 19.1 Å². The highest BCUT2D eigenvalue weighted by Crippen LogP contribution is 2.32. The van der Waals surface area contributed by atoms with Crippen LogP contribution in [-0.4, -0.2) is 34.7 Å². The smallest absolute Gasteiger partial charge is 0.313 e. The summed E-state index contributed by atoms with van der Waals surface area (Å²) in [7, 11) is 0. The van der Waals surface area contributed by atoms with Gasteiger partial charge in [-0.25, -0.2) is 4.98 Å². The molecule has 2 fully saturated rings. The highest BCUT2D eigenvalue weighted by Gasteiger charge is 2.30. The molecule has 2 aromatic rings. The zero-order valence-electron chi connectivity index (χ0n) is 16.6. The second kappa shape index (κ2) is 8.61. The molecule has 156 valence electrons. The number of aromatic nitrogens is 1. The van der Waals surface area contributed by atoms with Crippen molar-refractivity contribution in [3.8, 4) is 5.75 Å². The molecule has 30 heavy (non-hydrogen) atoms. The molecule has 2 amide bonds. The number of carbonyl (C=O) groups excluding carboxylic acids is 3. The Kier molecular flexibility index (Phi) is 5.92. The molecule has 0 saturated carbocycles. The van der Waals surface area contributed by atoms with Gasteiger partial charge in [-0.1, -0.05) is 12.1 Å². The van der Waals surface area contributed by atoms with Gasteiger partial charge in [0.15, 0.2) is 5.13 Å². The first-order valence-electron chi connectivity index (χ1n) is 9.65. The number of nitrogens with zero attached hydrogens (tertiary/aromatic N) is 2. The number of carbonyl (C=O) groups is 3. The van der Waals surface area contributed by atoms with E-state index in [0.717, 1.165) is 47.5 Å². The predicted molar refractivity (Wildman–Crippen MR) is 118 cm³/mol. The Morgan fingerprint density at radius 2 is 2.07 bits per heavy atom. The third-order valence-electron chi connectivity index (χ3n) is 5.09. The molecule has 0 aliphatic carbocycles. The number of thioether (sulfide) groups is 1. The summed E-state index contributed by atoms with van der Waals surface area (Å²) in [6.45, 7) is 4.97. The molecule has 2 aliphatic rings. The number of imide groups is 1. The Balaban J connectivity index is 1.36. The van der Waals surface area contributed by atoms with Crippen LogP contribution in [0.5, 0.6) is 5.75 Å². The number of esters is 1. The molecular weight excluding hydrogens is 422 g/mol. The van der Waals surface area contributed by atoms with E-state index in [4.69, 9.17) is 4.74 Å². The summed E-state index contributed by atoms with van der Waals surface area (Å²) in [5.74, 6) is -0.223. The molecule has 1 aromatic carbocycles. The van der Waals surface area contributed by atoms with Gasteiger partial charge in [0, 0.05) is 17.5 Å². The number of thiazole rings is 1. The standard InChI is InChI=1S/C21H21N3O4S2/c1-12-13(2)29-20(22-12)24-9-3-4-15(24)11-18(25)28-16-7-5-14(6-8-16)10-17-19(26)23-21(27)30-17/h5-8,10,15H,3-4,9,11H2,1-2H3,(H,23,26,27)/b17-10-/t15-/m0/s1. The molecule has 4 rings (SSSR count). The largest absolute Gasteiger partial charge is 0.426 e. The van der Waals surface area contributed by atoms with E-state index in [1.807, 2.05) is 6.92 Å². The highest BCUT2D eigenvalue weighted by atomic mass is 32.2. The minimum Gasteiger partial charge on any atom is -0.426 e. The molecule has 0 unspecified atom stereocenters. The second-order valence-electron chi connectivity index (χ2n) is 7.23. The second-order valence-corrected chi connectivity index (χ2v) is 9.42. The van der Waals surface area contributed by atoms with Crippen molar-refractivity contribution in [2.45, 2.75) is 39.2 Å². The topological polar surface area (TPSA) is 88.6 Å². The van der Waals surface area contributed by atoms with Gasteiger partial charge < -0.3 is 9.64 Å². The Morgan fingerprint density at radius 1 is 1.30 bits per heavy atom. The van der Waals surface area contributed by atoms with Crippen molar-refractivity contribution in [1.82, 2.24) is 10.3 Å². The van der Waals surface area contributed by atoms with E-state index < -0.39 is 5.91 Å². The van der Waals surface area contributed by atoms with E-state index >= 15 is 0 Å². The van der Waals surface area contributed by atoms with Gasteiger partial charge in [0.1, 0.15) is 5.75 Å². The van der Waals surface area contributed by atoms with Crippen molar-refractivity contribution in [3.05, 3.63) is 45.3 Å². The molecule has 9 heteroatoms. The summed E-state index contributed by atoms with van der Waals surface area (Å²) in [5.41, 5.74) is 1.79. The SMILES string of the molecule is Cc1nc(N2CCC[C@H]2CC(=O)Oc2ccc(/C=C3\SC(=O)NC3=O)cc2)sc1C. The van der Waals surface area contributed by atoms with E-state index in [2.05, 4.69) is 22.1 Å². The summed E-state index contributed by atoms with van der Waals surface area (Å²) in [4.78, 5) is 43.7. The monoisotopic (exact) mass is 443 g/mol. The Morgan fingerprint density at radius 3 is 2.70 bits per heavy atom. The molecule has 3 heterocycles. The molecule has 7 nitrogen and oxygen atoms in total. The van der Waals surface area contributed by atoms with Crippen molar-refractivity contribution >= 4 is 51.4 Å². The number of hydrogen-bond donors (Lipinski definition) is 1. The van der Waals surface area contributed by atoms with Gasteiger partial charge in [0.05, 0.1) is 17.0 Å². The highest BCUT2D eigenvalue weighted by molar-refractivity contribution is 8.18. The Hall–Kier alpha value is -2.65. The Labute approximate surface area is 182 Å². The molecule has 1 N–H and O–H groups in total. The zero-order valence-corrected chi connectivity index (χ0v) is 18.3. The molecule has 1 aromatic heterocycles. The fourth-order valence-corrected chi connectivity index (χ4v) is 5.14. The van der Waals surface area contributed by atoms with Crippen LogP contribution >= 0.6 is 23.1 Å². The molecule has 0 radical (unpaired) electrons. The fourth-order valence-electron chi connectivity index (χ4n) is 3.45. The first kappa shape index (κ1) is 20.6. The van der Waals surface area contributed by atoms with Crippen LogP contribution < -0.4 is 15.0 Å². The van der Waals surface area contributed by atoms with E-state index in [9.17, 15) is 14.4 Å². The van der Waals surface area contributed by atoms with Crippen LogP contribution in [-0.2, 0) is 9.59 Å². The van der Waals surface area contributed by atoms with Crippen LogP contribution in [0.3, 0.4) is 0 Å². The van der Waals surface area contributed by atoms with E-state index in [-0.39, 0.29) is 17.3 Å². The summed E-state index contributed by atoms with van der Waals surface area (Å²) >= 11 is 2.54. The van der Waals surface area contributed by atoms with Crippen LogP contribution in [0.25, 0.3) is 6.08 Å². The third-order valence-corrected chi connectivity index (χ3v) is 7.01. The zero-order chi connectivity index (χ0) is 21.3. The van der Waals surface area contributed by atoms with Gasteiger partial charge in [0.2, 0.25) is 0 Å².